The number of hydrogen-bond donors (Lipinski definition) is 0. The molecule has 1 unspecified atom stereocenters. The first kappa shape index (κ1) is 22.0. The quantitative estimate of drug-likeness (QED) is 0.519. The molecule has 2 heterocycles. The summed E-state index contributed by atoms with van der Waals surface area (Å²) in [7, 11) is 0. The van der Waals surface area contributed by atoms with Crippen molar-refractivity contribution in [2.24, 2.45) is 0 Å². The van der Waals surface area contributed by atoms with Gasteiger partial charge in [-0.3, -0.25) is 4.90 Å². The average molecular weight is 517 g/mol. The zero-order chi connectivity index (χ0) is 21.5. The van der Waals surface area contributed by atoms with E-state index < -0.39 is 17.2 Å². The van der Waals surface area contributed by atoms with E-state index in [9.17, 15) is 13.6 Å². The van der Waals surface area contributed by atoms with E-state index in [1.54, 1.807) is 4.90 Å². The van der Waals surface area contributed by atoms with Crippen LogP contribution in [-0.4, -0.2) is 32.7 Å². The summed E-state index contributed by atoms with van der Waals surface area (Å²) in [5, 5.41) is 0. The van der Waals surface area contributed by atoms with Crippen LogP contribution in [0.4, 0.5) is 13.6 Å². The number of nitrogens with zero attached hydrogens (tertiary/aromatic N) is 3. The van der Waals surface area contributed by atoms with Crippen molar-refractivity contribution in [2.45, 2.75) is 65.6 Å². The average Bonchev–Trinajstić information content (AvgIpc) is 2.90. The number of rotatable bonds is 3. The molecule has 0 aliphatic carbocycles. The summed E-state index contributed by atoms with van der Waals surface area (Å²) < 4.78 is 36.5. The van der Waals surface area contributed by atoms with Crippen LogP contribution >= 0.6 is 22.6 Å². The Morgan fingerprint density at radius 1 is 1.24 bits per heavy atom. The second-order valence-corrected chi connectivity index (χ2v) is 9.42. The standard InChI is InChI=1S/C21H26F2IN3O2/c1-12-15(22)10-14(11-16(12)23)6-7-17-18-19(24)25-13(2)26(18)8-9-27(17)20(28)29-21(3,4)5/h10-11,17H,6-9H2,1-5H3. The molecule has 1 aliphatic rings. The van der Waals surface area contributed by atoms with Crippen LogP contribution < -0.4 is 0 Å². The monoisotopic (exact) mass is 517 g/mol. The van der Waals surface area contributed by atoms with Gasteiger partial charge in [-0.25, -0.2) is 18.6 Å². The van der Waals surface area contributed by atoms with Crippen molar-refractivity contribution in [3.05, 3.63) is 50.1 Å². The first-order valence-electron chi connectivity index (χ1n) is 9.64. The van der Waals surface area contributed by atoms with Gasteiger partial charge in [0.2, 0.25) is 0 Å². The lowest BCUT2D eigenvalue weighted by Crippen LogP contribution is -2.45. The summed E-state index contributed by atoms with van der Waals surface area (Å²) in [6, 6.07) is 2.46. The molecule has 1 aliphatic heterocycles. The Bertz CT molecular complexity index is 914. The van der Waals surface area contributed by atoms with Crippen LogP contribution in [0.3, 0.4) is 0 Å². The fourth-order valence-corrected chi connectivity index (χ4v) is 4.63. The number of hydrogen-bond acceptors (Lipinski definition) is 3. The summed E-state index contributed by atoms with van der Waals surface area (Å²) in [5.41, 5.74) is 0.933. The van der Waals surface area contributed by atoms with E-state index in [2.05, 4.69) is 32.1 Å². The lowest BCUT2D eigenvalue weighted by atomic mass is 9.99. The highest BCUT2D eigenvalue weighted by Crippen LogP contribution is 2.35. The van der Waals surface area contributed by atoms with Crippen molar-refractivity contribution < 1.29 is 18.3 Å². The molecule has 1 aromatic carbocycles. The number of aromatic nitrogens is 2. The number of imidazole rings is 1. The predicted octanol–water partition coefficient (Wildman–Crippen LogP) is 5.31. The Kier molecular flexibility index (Phi) is 6.21. The smallest absolute Gasteiger partial charge is 0.410 e. The number of halogens is 3. The highest BCUT2D eigenvalue weighted by Gasteiger charge is 2.36. The fourth-order valence-electron chi connectivity index (χ4n) is 3.63. The van der Waals surface area contributed by atoms with Crippen molar-refractivity contribution >= 4 is 28.7 Å². The molecule has 1 atom stereocenters. The van der Waals surface area contributed by atoms with Gasteiger partial charge in [-0.15, -0.1) is 0 Å². The largest absolute Gasteiger partial charge is 0.444 e. The molecular weight excluding hydrogens is 491 g/mol. The third-order valence-corrected chi connectivity index (χ3v) is 5.88. The third kappa shape index (κ3) is 4.73. The Hall–Kier alpha value is -1.71. The van der Waals surface area contributed by atoms with Gasteiger partial charge in [0.25, 0.3) is 0 Å². The van der Waals surface area contributed by atoms with Crippen LogP contribution in [0, 0.1) is 29.2 Å². The highest BCUT2D eigenvalue weighted by atomic mass is 127. The predicted molar refractivity (Wildman–Crippen MR) is 115 cm³/mol. The molecule has 29 heavy (non-hydrogen) atoms. The topological polar surface area (TPSA) is 47.4 Å². The molecule has 0 saturated heterocycles. The fraction of sp³-hybridized carbons (Fsp3) is 0.524. The van der Waals surface area contributed by atoms with Gasteiger partial charge in [-0.1, -0.05) is 0 Å². The molecule has 0 fully saturated rings. The zero-order valence-corrected chi connectivity index (χ0v) is 19.5. The van der Waals surface area contributed by atoms with Crippen molar-refractivity contribution in [2.75, 3.05) is 6.54 Å². The van der Waals surface area contributed by atoms with Crippen molar-refractivity contribution in [3.63, 3.8) is 0 Å². The molecule has 0 bridgehead atoms. The van der Waals surface area contributed by atoms with Gasteiger partial charge in [-0.05, 0) is 87.7 Å². The van der Waals surface area contributed by atoms with Gasteiger partial charge in [-0.2, -0.15) is 0 Å². The van der Waals surface area contributed by atoms with Gasteiger partial charge in [0, 0.05) is 18.7 Å². The minimum Gasteiger partial charge on any atom is -0.444 e. The molecule has 1 aromatic heterocycles. The first-order chi connectivity index (χ1) is 13.5. The van der Waals surface area contributed by atoms with Crippen LogP contribution in [0.5, 0.6) is 0 Å². The van der Waals surface area contributed by atoms with Gasteiger partial charge in [0.05, 0.1) is 11.7 Å². The van der Waals surface area contributed by atoms with E-state index in [1.165, 1.54) is 19.1 Å². The molecule has 5 nitrogen and oxygen atoms in total. The Labute approximate surface area is 183 Å². The Balaban J connectivity index is 1.91. The van der Waals surface area contributed by atoms with Crippen LogP contribution in [0.2, 0.25) is 0 Å². The maximum Gasteiger partial charge on any atom is 0.410 e. The summed E-state index contributed by atoms with van der Waals surface area (Å²) >= 11 is 2.18. The molecule has 0 radical (unpaired) electrons. The van der Waals surface area contributed by atoms with E-state index in [-0.39, 0.29) is 17.7 Å². The van der Waals surface area contributed by atoms with E-state index >= 15 is 0 Å². The Morgan fingerprint density at radius 3 is 2.45 bits per heavy atom. The minimum absolute atomic E-state index is 0.0186. The molecular formula is C21H26F2IN3O2. The second-order valence-electron chi connectivity index (χ2n) is 8.40. The summed E-state index contributed by atoms with van der Waals surface area (Å²) in [6.07, 6.45) is 0.561. The number of amides is 1. The third-order valence-electron chi connectivity index (χ3n) is 5.08. The molecule has 3 rings (SSSR count). The maximum absolute atomic E-state index is 14.0. The number of fused-ring (bicyclic) bond motifs is 1. The van der Waals surface area contributed by atoms with Crippen molar-refractivity contribution in [1.29, 1.82) is 0 Å². The highest BCUT2D eigenvalue weighted by molar-refractivity contribution is 14.1. The number of carbonyl (C=O) groups excluding carboxylic acids is 1. The SMILES string of the molecule is Cc1c(F)cc(CCC2c3c(I)nc(C)n3CCN2C(=O)OC(C)(C)C)cc1F. The zero-order valence-electron chi connectivity index (χ0n) is 17.4. The molecule has 2 aromatic rings. The minimum atomic E-state index is -0.606. The van der Waals surface area contributed by atoms with Gasteiger partial charge < -0.3 is 9.30 Å². The van der Waals surface area contributed by atoms with Gasteiger partial charge >= 0.3 is 6.09 Å². The maximum atomic E-state index is 14.0. The molecule has 8 heteroatoms. The summed E-state index contributed by atoms with van der Waals surface area (Å²) in [4.78, 5) is 19.1. The van der Waals surface area contributed by atoms with Crippen LogP contribution in [0.15, 0.2) is 12.1 Å². The van der Waals surface area contributed by atoms with E-state index in [1.807, 2.05) is 27.7 Å². The lowest BCUT2D eigenvalue weighted by molar-refractivity contribution is 0.00936. The molecule has 0 spiro atoms. The summed E-state index contributed by atoms with van der Waals surface area (Å²) in [6.45, 7) is 10.00. The summed E-state index contributed by atoms with van der Waals surface area (Å²) in [5.74, 6) is -0.211. The van der Waals surface area contributed by atoms with Gasteiger partial charge in [0.15, 0.2) is 0 Å². The van der Waals surface area contributed by atoms with E-state index in [0.29, 0.717) is 31.5 Å². The van der Waals surface area contributed by atoms with Crippen LogP contribution in [0.25, 0.3) is 0 Å². The lowest BCUT2D eigenvalue weighted by Gasteiger charge is -2.38. The number of carbonyl (C=O) groups is 1. The van der Waals surface area contributed by atoms with E-state index in [0.717, 1.165) is 15.2 Å². The molecule has 1 amide bonds. The van der Waals surface area contributed by atoms with Crippen molar-refractivity contribution in [3.8, 4) is 0 Å². The normalized spacial score (nSPS) is 16.7. The number of ether oxygens (including phenoxy) is 1. The number of benzene rings is 1. The van der Waals surface area contributed by atoms with Crippen LogP contribution in [0.1, 0.15) is 55.9 Å². The van der Waals surface area contributed by atoms with E-state index in [4.69, 9.17) is 4.74 Å². The van der Waals surface area contributed by atoms with Gasteiger partial charge in [0.1, 0.15) is 26.8 Å². The second kappa shape index (κ2) is 8.20. The number of aryl methyl sites for hydroxylation is 2. The first-order valence-corrected chi connectivity index (χ1v) is 10.7. The molecule has 0 saturated carbocycles. The molecule has 0 N–H and O–H groups in total. The van der Waals surface area contributed by atoms with Crippen molar-refractivity contribution in [1.82, 2.24) is 14.5 Å². The van der Waals surface area contributed by atoms with Crippen LogP contribution in [-0.2, 0) is 17.7 Å². The Morgan fingerprint density at radius 2 is 1.86 bits per heavy atom. The molecule has 158 valence electrons.